The van der Waals surface area contributed by atoms with E-state index in [1.807, 2.05) is 30.3 Å². The van der Waals surface area contributed by atoms with Crippen molar-refractivity contribution in [3.63, 3.8) is 0 Å². The van der Waals surface area contributed by atoms with E-state index in [0.717, 1.165) is 12.0 Å². The summed E-state index contributed by atoms with van der Waals surface area (Å²) in [5, 5.41) is 0. The number of hydrogen-bond donors (Lipinski definition) is 0. The fraction of sp³-hybridized carbons (Fsp3) is 0.417. The summed E-state index contributed by atoms with van der Waals surface area (Å²) in [7, 11) is 0. The highest BCUT2D eigenvalue weighted by Gasteiger charge is 2.39. The second-order valence-corrected chi connectivity index (χ2v) is 4.28. The summed E-state index contributed by atoms with van der Waals surface area (Å²) in [5.74, 6) is 0.292. The van der Waals surface area contributed by atoms with Gasteiger partial charge in [-0.25, -0.2) is 0 Å². The Morgan fingerprint density at radius 2 is 1.92 bits per heavy atom. The molecule has 1 nitrogen and oxygen atoms in total. The van der Waals surface area contributed by atoms with Crippen LogP contribution in [0.3, 0.4) is 0 Å². The summed E-state index contributed by atoms with van der Waals surface area (Å²) in [5.41, 5.74) is 1.18. The summed E-state index contributed by atoms with van der Waals surface area (Å²) < 4.78 is 0. The third kappa shape index (κ3) is 1.97. The number of benzene rings is 1. The van der Waals surface area contributed by atoms with E-state index in [0.29, 0.717) is 11.2 Å². The third-order valence-corrected chi connectivity index (χ3v) is 2.79. The molecule has 0 heterocycles. The van der Waals surface area contributed by atoms with E-state index in [1.54, 1.807) is 0 Å². The zero-order valence-corrected chi connectivity index (χ0v) is 7.92. The topological polar surface area (TPSA) is 17.1 Å². The molecule has 1 fully saturated rings. The Morgan fingerprint density at radius 3 is 2.46 bits per heavy atom. The van der Waals surface area contributed by atoms with Crippen LogP contribution in [0.25, 0.3) is 0 Å². The molecular weight excluding hydrogens is 160 g/mol. The van der Waals surface area contributed by atoms with Crippen molar-refractivity contribution in [3.8, 4) is 0 Å². The molecule has 1 aromatic carbocycles. The molecule has 1 saturated carbocycles. The molecule has 0 N–H and O–H groups in total. The van der Waals surface area contributed by atoms with Crippen LogP contribution in [0.4, 0.5) is 0 Å². The Hall–Kier alpha value is -1.11. The van der Waals surface area contributed by atoms with E-state index in [-0.39, 0.29) is 0 Å². The summed E-state index contributed by atoms with van der Waals surface area (Å²) in [6.07, 6.45) is 3.15. The van der Waals surface area contributed by atoms with Crippen molar-refractivity contribution in [2.24, 2.45) is 5.41 Å². The van der Waals surface area contributed by atoms with Gasteiger partial charge in [-0.15, -0.1) is 0 Å². The summed E-state index contributed by atoms with van der Waals surface area (Å²) in [6.45, 7) is 2.19. The average molecular weight is 174 g/mol. The molecule has 0 saturated heterocycles. The normalized spacial score (nSPS) is 18.2. The third-order valence-electron chi connectivity index (χ3n) is 2.79. The predicted molar refractivity (Wildman–Crippen MR) is 52.7 cm³/mol. The van der Waals surface area contributed by atoms with Crippen molar-refractivity contribution >= 4 is 5.78 Å². The molecule has 13 heavy (non-hydrogen) atoms. The lowest BCUT2D eigenvalue weighted by molar-refractivity contribution is 0.0959. The molecule has 0 unspecified atom stereocenters. The molecule has 1 aliphatic carbocycles. The summed E-state index contributed by atoms with van der Waals surface area (Å²) in [6, 6.07) is 9.57. The van der Waals surface area contributed by atoms with Crippen LogP contribution in [-0.2, 0) is 0 Å². The lowest BCUT2D eigenvalue weighted by Crippen LogP contribution is -2.05. The fourth-order valence-electron chi connectivity index (χ4n) is 1.50. The Kier molecular flexibility index (Phi) is 1.95. The smallest absolute Gasteiger partial charge is 0.163 e. The Balaban J connectivity index is 2.06. The molecule has 0 aromatic heterocycles. The quantitative estimate of drug-likeness (QED) is 0.644. The molecule has 0 bridgehead atoms. The van der Waals surface area contributed by atoms with Gasteiger partial charge in [-0.3, -0.25) is 4.79 Å². The largest absolute Gasteiger partial charge is 0.294 e. The predicted octanol–water partition coefficient (Wildman–Crippen LogP) is 3.06. The van der Waals surface area contributed by atoms with Crippen molar-refractivity contribution in [2.45, 2.75) is 26.2 Å². The molecule has 1 heteroatoms. The number of hydrogen-bond acceptors (Lipinski definition) is 1. The van der Waals surface area contributed by atoms with Crippen LogP contribution in [0.2, 0.25) is 0 Å². The number of ketones is 1. The minimum absolute atomic E-state index is 0.292. The first-order valence-electron chi connectivity index (χ1n) is 4.78. The highest BCUT2D eigenvalue weighted by atomic mass is 16.1. The van der Waals surface area contributed by atoms with Crippen molar-refractivity contribution in [3.05, 3.63) is 35.9 Å². The van der Waals surface area contributed by atoms with Crippen molar-refractivity contribution in [1.29, 1.82) is 0 Å². The summed E-state index contributed by atoms with van der Waals surface area (Å²) >= 11 is 0. The van der Waals surface area contributed by atoms with Crippen LogP contribution in [0.5, 0.6) is 0 Å². The highest BCUT2D eigenvalue weighted by molar-refractivity contribution is 5.96. The Labute approximate surface area is 78.8 Å². The molecule has 1 aliphatic rings. The second-order valence-electron chi connectivity index (χ2n) is 4.28. The second kappa shape index (κ2) is 2.99. The standard InChI is InChI=1S/C12H14O/c1-12(7-8-12)9-11(13)10-5-3-2-4-6-10/h2-6H,7-9H2,1H3. The number of rotatable bonds is 3. The van der Waals surface area contributed by atoms with Crippen LogP contribution in [0.15, 0.2) is 30.3 Å². The maximum atomic E-state index is 11.7. The maximum absolute atomic E-state index is 11.7. The van der Waals surface area contributed by atoms with E-state index < -0.39 is 0 Å². The van der Waals surface area contributed by atoms with Gasteiger partial charge in [0.05, 0.1) is 0 Å². The number of carbonyl (C=O) groups is 1. The van der Waals surface area contributed by atoms with E-state index in [9.17, 15) is 4.79 Å². The van der Waals surface area contributed by atoms with Gasteiger partial charge in [0.25, 0.3) is 0 Å². The zero-order chi connectivity index (χ0) is 9.31. The molecule has 2 rings (SSSR count). The van der Waals surface area contributed by atoms with Crippen LogP contribution >= 0.6 is 0 Å². The SMILES string of the molecule is CC1(CC(=O)c2ccccc2)CC1. The lowest BCUT2D eigenvalue weighted by Gasteiger charge is -2.05. The van der Waals surface area contributed by atoms with Gasteiger partial charge in [0, 0.05) is 12.0 Å². The monoisotopic (exact) mass is 174 g/mol. The van der Waals surface area contributed by atoms with Crippen LogP contribution < -0.4 is 0 Å². The first-order valence-corrected chi connectivity index (χ1v) is 4.78. The minimum atomic E-state index is 0.292. The number of Topliss-reactive ketones (excluding diaryl/α,β-unsaturated/α-hetero) is 1. The van der Waals surface area contributed by atoms with Crippen molar-refractivity contribution in [2.75, 3.05) is 0 Å². The molecule has 0 spiro atoms. The molecule has 0 radical (unpaired) electrons. The molecule has 68 valence electrons. The van der Waals surface area contributed by atoms with Crippen LogP contribution in [0, 0.1) is 5.41 Å². The first-order chi connectivity index (χ1) is 6.20. The minimum Gasteiger partial charge on any atom is -0.294 e. The van der Waals surface area contributed by atoms with E-state index in [2.05, 4.69) is 6.92 Å². The molecule has 0 aliphatic heterocycles. The van der Waals surface area contributed by atoms with E-state index >= 15 is 0 Å². The fourth-order valence-corrected chi connectivity index (χ4v) is 1.50. The molecule has 0 atom stereocenters. The van der Waals surface area contributed by atoms with Gasteiger partial charge in [-0.05, 0) is 18.3 Å². The first kappa shape index (κ1) is 8.49. The molecule has 1 aromatic rings. The van der Waals surface area contributed by atoms with Crippen molar-refractivity contribution in [1.82, 2.24) is 0 Å². The van der Waals surface area contributed by atoms with Gasteiger partial charge in [0.1, 0.15) is 0 Å². The van der Waals surface area contributed by atoms with Gasteiger partial charge >= 0.3 is 0 Å². The van der Waals surface area contributed by atoms with Gasteiger partial charge in [0.15, 0.2) is 5.78 Å². The zero-order valence-electron chi connectivity index (χ0n) is 7.92. The maximum Gasteiger partial charge on any atom is 0.163 e. The van der Waals surface area contributed by atoms with Gasteiger partial charge in [0.2, 0.25) is 0 Å². The average Bonchev–Trinajstić information content (AvgIpc) is 2.85. The lowest BCUT2D eigenvalue weighted by atomic mass is 9.98. The van der Waals surface area contributed by atoms with Crippen molar-refractivity contribution < 1.29 is 4.79 Å². The Bertz CT molecular complexity index is 309. The van der Waals surface area contributed by atoms with Gasteiger partial charge in [-0.1, -0.05) is 37.3 Å². The molecular formula is C12H14O. The van der Waals surface area contributed by atoms with Crippen LogP contribution in [0.1, 0.15) is 36.5 Å². The Morgan fingerprint density at radius 1 is 1.31 bits per heavy atom. The van der Waals surface area contributed by atoms with Gasteiger partial charge < -0.3 is 0 Å². The number of carbonyl (C=O) groups excluding carboxylic acids is 1. The van der Waals surface area contributed by atoms with Gasteiger partial charge in [-0.2, -0.15) is 0 Å². The highest BCUT2D eigenvalue weighted by Crippen LogP contribution is 2.48. The van der Waals surface area contributed by atoms with E-state index in [1.165, 1.54) is 12.8 Å². The van der Waals surface area contributed by atoms with Crippen LogP contribution in [-0.4, -0.2) is 5.78 Å². The molecule has 0 amide bonds. The summed E-state index contributed by atoms with van der Waals surface area (Å²) in [4.78, 5) is 11.7. The van der Waals surface area contributed by atoms with E-state index in [4.69, 9.17) is 0 Å².